The van der Waals surface area contributed by atoms with E-state index >= 15 is 0 Å². The predicted molar refractivity (Wildman–Crippen MR) is 310 cm³/mol. The molecule has 1 saturated carbocycles. The molecule has 1 unspecified atom stereocenters. The number of piperidine rings is 1. The summed E-state index contributed by atoms with van der Waals surface area (Å²) in [7, 11) is 0. The zero-order chi connectivity index (χ0) is 53.9. The maximum absolute atomic E-state index is 14.8. The van der Waals surface area contributed by atoms with Crippen LogP contribution < -0.4 is 9.64 Å². The highest BCUT2D eigenvalue weighted by molar-refractivity contribution is 6.10. The van der Waals surface area contributed by atoms with Crippen molar-refractivity contribution in [3.05, 3.63) is 219 Å². The number of ketones is 1. The molecule has 0 bridgehead atoms. The van der Waals surface area contributed by atoms with E-state index in [1.807, 2.05) is 72.8 Å². The van der Waals surface area contributed by atoms with Crippen LogP contribution in [0.25, 0.3) is 50.2 Å². The lowest BCUT2D eigenvalue weighted by Gasteiger charge is -2.39. The van der Waals surface area contributed by atoms with Gasteiger partial charge < -0.3 is 9.64 Å². The Hall–Kier alpha value is -7.25. The minimum Gasteiger partial charge on any atom is -0.472 e. The Morgan fingerprint density at radius 3 is 1.91 bits per heavy atom. The van der Waals surface area contributed by atoms with Gasteiger partial charge in [0.15, 0.2) is 11.4 Å². The Labute approximate surface area is 457 Å². The normalized spacial score (nSPS) is 19.5. The first kappa shape index (κ1) is 51.5. The summed E-state index contributed by atoms with van der Waals surface area (Å²) >= 11 is 0. The number of unbranched alkanes of at least 4 members (excludes halogenated alkanes) is 2. The number of ether oxygens (including phenoxy) is 1. The van der Waals surface area contributed by atoms with Crippen molar-refractivity contribution in [2.45, 2.75) is 121 Å². The van der Waals surface area contributed by atoms with E-state index in [0.29, 0.717) is 44.7 Å². The number of anilines is 1. The molecule has 78 heavy (non-hydrogen) atoms. The number of halogens is 4. The SMILES string of the molecule is CCCCCC1CCC(c2ccc(-c3ccc(C(=O)c4ccc(-c5cc6c(cc5C)C(C)(C)c5c7c(c8cc(C(F)(F)F)ccc8c5-6)OC(c5ccc(F)cc5)(c5ccc(N6CCCCC6)cc5)C=C7)cc4)cc3)cc2)CC1. The number of carbonyl (C=O) groups is 1. The maximum atomic E-state index is 14.8. The number of rotatable bonds is 12. The van der Waals surface area contributed by atoms with E-state index in [1.165, 1.54) is 87.6 Å². The molecule has 0 spiro atoms. The first-order valence-corrected chi connectivity index (χ1v) is 28.4. The van der Waals surface area contributed by atoms with Crippen LogP contribution in [0.3, 0.4) is 0 Å². The van der Waals surface area contributed by atoms with Crippen molar-refractivity contribution in [3.63, 3.8) is 0 Å². The number of hydrogen-bond acceptors (Lipinski definition) is 3. The van der Waals surface area contributed by atoms with Gasteiger partial charge in [0.2, 0.25) is 0 Å². The lowest BCUT2D eigenvalue weighted by molar-refractivity contribution is -0.137. The van der Waals surface area contributed by atoms with Crippen LogP contribution in [-0.4, -0.2) is 18.9 Å². The van der Waals surface area contributed by atoms with Crippen LogP contribution in [0.2, 0.25) is 0 Å². The number of carbonyl (C=O) groups excluding carboxylic acids is 1. The van der Waals surface area contributed by atoms with Gasteiger partial charge in [0.25, 0.3) is 0 Å². The summed E-state index contributed by atoms with van der Waals surface area (Å²) in [6.45, 7) is 10.7. The second kappa shape index (κ2) is 20.5. The summed E-state index contributed by atoms with van der Waals surface area (Å²) in [4.78, 5) is 16.4. The predicted octanol–water partition coefficient (Wildman–Crippen LogP) is 19.4. The molecule has 396 valence electrons. The van der Waals surface area contributed by atoms with Crippen LogP contribution in [0.1, 0.15) is 158 Å². The topological polar surface area (TPSA) is 29.5 Å². The zero-order valence-corrected chi connectivity index (χ0v) is 45.2. The first-order valence-electron chi connectivity index (χ1n) is 28.4. The van der Waals surface area contributed by atoms with Gasteiger partial charge in [-0.15, -0.1) is 0 Å². The van der Waals surface area contributed by atoms with Crippen molar-refractivity contribution in [1.29, 1.82) is 0 Å². The van der Waals surface area contributed by atoms with Crippen LogP contribution in [0.4, 0.5) is 23.2 Å². The van der Waals surface area contributed by atoms with Gasteiger partial charge in [0, 0.05) is 57.4 Å². The first-order chi connectivity index (χ1) is 37.7. The number of hydrogen-bond donors (Lipinski definition) is 0. The molecule has 1 saturated heterocycles. The van der Waals surface area contributed by atoms with Crippen molar-refractivity contribution < 1.29 is 27.1 Å². The molecule has 2 aliphatic carbocycles. The molecule has 2 aliphatic heterocycles. The lowest BCUT2D eigenvalue weighted by Crippen LogP contribution is -2.35. The molecule has 4 aliphatic rings. The van der Waals surface area contributed by atoms with Gasteiger partial charge in [-0.25, -0.2) is 4.39 Å². The highest BCUT2D eigenvalue weighted by atomic mass is 19.4. The van der Waals surface area contributed by atoms with Crippen molar-refractivity contribution in [2.24, 2.45) is 5.92 Å². The summed E-state index contributed by atoms with van der Waals surface area (Å²) in [5.74, 6) is 1.42. The fourth-order valence-corrected chi connectivity index (χ4v) is 13.6. The molecule has 0 amide bonds. The molecule has 2 fully saturated rings. The zero-order valence-electron chi connectivity index (χ0n) is 45.2. The molecule has 12 rings (SSSR count). The van der Waals surface area contributed by atoms with Crippen LogP contribution in [0.5, 0.6) is 5.75 Å². The molecule has 2 heterocycles. The Bertz CT molecular complexity index is 3560. The maximum Gasteiger partial charge on any atom is 0.416 e. The molecule has 8 aromatic rings. The van der Waals surface area contributed by atoms with E-state index in [-0.39, 0.29) is 5.78 Å². The van der Waals surface area contributed by atoms with E-state index in [1.54, 1.807) is 18.2 Å². The van der Waals surface area contributed by atoms with Gasteiger partial charge in [0.1, 0.15) is 11.6 Å². The second-order valence-electron chi connectivity index (χ2n) is 23.2. The van der Waals surface area contributed by atoms with Gasteiger partial charge in [-0.3, -0.25) is 4.79 Å². The van der Waals surface area contributed by atoms with Gasteiger partial charge >= 0.3 is 6.18 Å². The third-order valence-electron chi connectivity index (χ3n) is 18.0. The minimum atomic E-state index is -4.61. The average molecular weight is 1040 g/mol. The van der Waals surface area contributed by atoms with Crippen LogP contribution in [-0.2, 0) is 17.2 Å². The van der Waals surface area contributed by atoms with E-state index in [4.69, 9.17) is 4.74 Å². The van der Waals surface area contributed by atoms with Gasteiger partial charge in [0.05, 0.1) is 5.56 Å². The largest absolute Gasteiger partial charge is 0.472 e. The summed E-state index contributed by atoms with van der Waals surface area (Å²) < 4.78 is 66.4. The van der Waals surface area contributed by atoms with E-state index in [0.717, 1.165) is 93.2 Å². The summed E-state index contributed by atoms with van der Waals surface area (Å²) in [5, 5.41) is 0.997. The van der Waals surface area contributed by atoms with Crippen molar-refractivity contribution in [3.8, 4) is 39.1 Å². The molecule has 0 aromatic heterocycles. The van der Waals surface area contributed by atoms with E-state index in [2.05, 4.69) is 81.1 Å². The van der Waals surface area contributed by atoms with Crippen molar-refractivity contribution >= 4 is 28.3 Å². The molecule has 0 N–H and O–H groups in total. The average Bonchev–Trinajstić information content (AvgIpc) is 3.90. The molecule has 3 nitrogen and oxygen atoms in total. The second-order valence-corrected chi connectivity index (χ2v) is 23.2. The van der Waals surface area contributed by atoms with Crippen molar-refractivity contribution in [2.75, 3.05) is 18.0 Å². The molecule has 8 aromatic carbocycles. The van der Waals surface area contributed by atoms with Gasteiger partial charge in [-0.1, -0.05) is 162 Å². The third kappa shape index (κ3) is 9.35. The lowest BCUT2D eigenvalue weighted by atomic mass is 9.76. The smallest absolute Gasteiger partial charge is 0.416 e. The Kier molecular flexibility index (Phi) is 13.5. The highest BCUT2D eigenvalue weighted by Gasteiger charge is 2.45. The summed E-state index contributed by atoms with van der Waals surface area (Å²) in [5.41, 5.74) is 12.2. The van der Waals surface area contributed by atoms with Crippen molar-refractivity contribution in [1.82, 2.24) is 0 Å². The molecule has 0 radical (unpaired) electrons. The number of nitrogens with zero attached hydrogens (tertiary/aromatic N) is 1. The number of alkyl halides is 3. The monoisotopic (exact) mass is 1040 g/mol. The standard InChI is InChI=1S/C71H67F4NO2/c1-5-6-8-11-46-12-14-47(15-13-46)48-16-18-49(19-17-48)50-20-24-52(25-21-50)67(77)53-26-22-51(23-27-53)61-44-63-64(42-45(61)2)69(3,4)66-60-38-39-70(54-28-33-57(72)34-29-54,55-30-35-58(36-31-55)76-40-9-7-10-41-76)78-68(60)62-43-56(71(73,74)75)32-37-59(62)65(63)66/h16-39,42-44,46-47H,5-15,40-41H2,1-4H3. The Balaban J connectivity index is 0.854. The summed E-state index contributed by atoms with van der Waals surface area (Å²) in [6, 6.07) is 47.5. The van der Waals surface area contributed by atoms with Gasteiger partial charge in [-0.2, -0.15) is 13.2 Å². The quantitative estimate of drug-likeness (QED) is 0.0694. The summed E-state index contributed by atoms with van der Waals surface area (Å²) in [6.07, 6.45) is 13.5. The van der Waals surface area contributed by atoms with Crippen LogP contribution >= 0.6 is 0 Å². The number of fused-ring (bicyclic) bond motifs is 8. The minimum absolute atomic E-state index is 0.0576. The number of aryl methyl sites for hydroxylation is 1. The molecular weight excluding hydrogens is 975 g/mol. The fraction of sp³-hybridized carbons (Fsp3) is 0.310. The van der Waals surface area contributed by atoms with Crippen LogP contribution in [0.15, 0.2) is 158 Å². The van der Waals surface area contributed by atoms with Gasteiger partial charge in [-0.05, 0) is 173 Å². The van der Waals surface area contributed by atoms with Crippen LogP contribution in [0, 0.1) is 18.7 Å². The highest BCUT2D eigenvalue weighted by Crippen LogP contribution is 2.59. The Morgan fingerprint density at radius 2 is 1.28 bits per heavy atom. The number of benzene rings is 8. The molecular formula is C71H67F4NO2. The Morgan fingerprint density at radius 1 is 0.667 bits per heavy atom. The third-order valence-corrected chi connectivity index (χ3v) is 18.0. The van der Waals surface area contributed by atoms with E-state index < -0.39 is 28.6 Å². The van der Waals surface area contributed by atoms with E-state index in [9.17, 15) is 22.4 Å². The molecule has 1 atom stereocenters. The molecule has 7 heteroatoms. The fourth-order valence-electron chi connectivity index (χ4n) is 13.6.